The number of hydrogen-bond acceptors (Lipinski definition) is 2. The van der Waals surface area contributed by atoms with Crippen LogP contribution in [0.1, 0.15) is 11.1 Å². The smallest absolute Gasteiger partial charge is 0.236 e. The first-order chi connectivity index (χ1) is 6.11. The highest BCUT2D eigenvalue weighted by molar-refractivity contribution is 6.46. The van der Waals surface area contributed by atoms with E-state index in [0.717, 1.165) is 0 Å². The lowest BCUT2D eigenvalue weighted by atomic mass is 10.1. The lowest BCUT2D eigenvalue weighted by Gasteiger charge is -2.02. The van der Waals surface area contributed by atoms with Gasteiger partial charge in [-0.05, 0) is 6.07 Å². The Bertz CT molecular complexity index is 374. The van der Waals surface area contributed by atoms with E-state index in [2.05, 4.69) is 0 Å². The van der Waals surface area contributed by atoms with E-state index in [4.69, 9.17) is 34.8 Å². The van der Waals surface area contributed by atoms with Crippen molar-refractivity contribution >= 4 is 47.4 Å². The summed E-state index contributed by atoms with van der Waals surface area (Å²) in [5, 5.41) is -0.0929. The zero-order valence-corrected chi connectivity index (χ0v) is 8.30. The largest absolute Gasteiger partial charge is 0.285 e. The summed E-state index contributed by atoms with van der Waals surface area (Å²) in [5.41, 5.74) is -0.0250. The molecule has 0 N–H and O–H groups in total. The van der Waals surface area contributed by atoms with E-state index >= 15 is 0 Å². The van der Waals surface area contributed by atoms with Crippen LogP contribution in [0.25, 0.3) is 0 Å². The van der Waals surface area contributed by atoms with Crippen molar-refractivity contribution in [2.24, 2.45) is 0 Å². The van der Waals surface area contributed by atoms with Gasteiger partial charge in [-0.15, -0.1) is 0 Å². The van der Waals surface area contributed by atoms with Crippen molar-refractivity contribution in [2.75, 3.05) is 0 Å². The maximum absolute atomic E-state index is 10.3. The van der Waals surface area contributed by atoms with Crippen molar-refractivity contribution in [1.29, 1.82) is 0 Å². The quantitative estimate of drug-likeness (QED) is 0.738. The fourth-order valence-corrected chi connectivity index (χ4v) is 1.48. The molecule has 66 valence electrons. The van der Waals surface area contributed by atoms with E-state index in [-0.39, 0.29) is 26.2 Å². The molecule has 0 spiro atoms. The SMILES string of the molecule is O=[C]c1cc(Cl)c([C]=O)c(Cl)c1Cl. The number of rotatable bonds is 2. The van der Waals surface area contributed by atoms with E-state index in [0.29, 0.717) is 0 Å². The van der Waals surface area contributed by atoms with Crippen LogP contribution in [-0.2, 0) is 9.59 Å². The van der Waals surface area contributed by atoms with Crippen molar-refractivity contribution < 1.29 is 9.59 Å². The van der Waals surface area contributed by atoms with Crippen molar-refractivity contribution in [2.45, 2.75) is 0 Å². The van der Waals surface area contributed by atoms with Crippen LogP contribution in [0.15, 0.2) is 6.07 Å². The third kappa shape index (κ3) is 1.85. The molecule has 0 aromatic heterocycles. The summed E-state index contributed by atoms with van der Waals surface area (Å²) in [6.45, 7) is 0. The van der Waals surface area contributed by atoms with Gasteiger partial charge in [0.15, 0.2) is 0 Å². The molecule has 0 amide bonds. The first-order valence-electron chi connectivity index (χ1n) is 3.05. The van der Waals surface area contributed by atoms with Crippen LogP contribution < -0.4 is 0 Å². The molecule has 0 heterocycles. The second kappa shape index (κ2) is 4.09. The fourth-order valence-electron chi connectivity index (χ4n) is 0.763. The molecular formula is C8HCl3O2. The summed E-state index contributed by atoms with van der Waals surface area (Å²) in [6, 6.07) is 1.21. The molecule has 0 aliphatic carbocycles. The van der Waals surface area contributed by atoms with Crippen LogP contribution in [0.3, 0.4) is 0 Å². The maximum Gasteiger partial charge on any atom is 0.236 e. The van der Waals surface area contributed by atoms with Gasteiger partial charge >= 0.3 is 0 Å². The fraction of sp³-hybridized carbons (Fsp3) is 0. The van der Waals surface area contributed by atoms with Crippen LogP contribution in [0.4, 0.5) is 0 Å². The standard InChI is InChI=1S/C8HCl3O2/c9-6-1-4(2-12)7(10)8(11)5(6)3-13/h1H. The topological polar surface area (TPSA) is 34.1 Å². The van der Waals surface area contributed by atoms with Crippen LogP contribution in [0, 0.1) is 0 Å². The maximum atomic E-state index is 10.3. The molecule has 13 heavy (non-hydrogen) atoms. The van der Waals surface area contributed by atoms with E-state index in [1.54, 1.807) is 6.29 Å². The molecule has 0 bridgehead atoms. The number of hydrogen-bond donors (Lipinski definition) is 0. The summed E-state index contributed by atoms with van der Waals surface area (Å²) < 4.78 is 0. The lowest BCUT2D eigenvalue weighted by Crippen LogP contribution is -1.91. The first kappa shape index (κ1) is 10.5. The monoisotopic (exact) mass is 234 g/mol. The molecule has 0 aliphatic heterocycles. The minimum absolute atomic E-state index is 0.0238. The number of benzene rings is 1. The summed E-state index contributed by atoms with van der Waals surface area (Å²) in [6.07, 6.45) is 3.08. The molecule has 5 heteroatoms. The lowest BCUT2D eigenvalue weighted by molar-refractivity contribution is 0.561. The molecule has 1 rings (SSSR count). The van der Waals surface area contributed by atoms with E-state index < -0.39 is 0 Å². The van der Waals surface area contributed by atoms with Crippen molar-refractivity contribution in [3.05, 3.63) is 32.3 Å². The highest BCUT2D eigenvalue weighted by Crippen LogP contribution is 2.32. The van der Waals surface area contributed by atoms with Gasteiger partial charge in [-0.2, -0.15) is 0 Å². The van der Waals surface area contributed by atoms with Gasteiger partial charge in [0.2, 0.25) is 12.6 Å². The minimum atomic E-state index is -0.0810. The molecule has 1 aromatic rings. The second-order valence-electron chi connectivity index (χ2n) is 2.11. The minimum Gasteiger partial charge on any atom is -0.285 e. The predicted molar refractivity (Wildman–Crippen MR) is 51.1 cm³/mol. The Morgan fingerprint density at radius 2 is 1.62 bits per heavy atom. The van der Waals surface area contributed by atoms with Gasteiger partial charge in [0.25, 0.3) is 0 Å². The molecule has 2 nitrogen and oxygen atoms in total. The molecule has 0 atom stereocenters. The molecule has 0 saturated heterocycles. The van der Waals surface area contributed by atoms with Gasteiger partial charge in [-0.25, -0.2) is 0 Å². The second-order valence-corrected chi connectivity index (χ2v) is 3.28. The average Bonchev–Trinajstić information content (AvgIpc) is 2.12. The molecule has 2 radical (unpaired) electrons. The first-order valence-corrected chi connectivity index (χ1v) is 4.19. The summed E-state index contributed by atoms with van der Waals surface area (Å²) >= 11 is 16.8. The summed E-state index contributed by atoms with van der Waals surface area (Å²) in [4.78, 5) is 20.7. The Morgan fingerprint density at radius 3 is 2.08 bits per heavy atom. The third-order valence-electron chi connectivity index (χ3n) is 1.37. The Kier molecular flexibility index (Phi) is 3.31. The zero-order valence-electron chi connectivity index (χ0n) is 6.03. The van der Waals surface area contributed by atoms with Crippen LogP contribution in [0.5, 0.6) is 0 Å². The number of halogens is 3. The Labute approximate surface area is 89.4 Å². The average molecular weight is 235 g/mol. The predicted octanol–water partition coefficient (Wildman–Crippen LogP) is 2.56. The summed E-state index contributed by atoms with van der Waals surface area (Å²) in [5.74, 6) is 0. The Balaban J connectivity index is 3.54. The highest BCUT2D eigenvalue weighted by atomic mass is 35.5. The normalized spacial score (nSPS) is 9.77. The highest BCUT2D eigenvalue weighted by Gasteiger charge is 2.14. The van der Waals surface area contributed by atoms with Gasteiger partial charge < -0.3 is 0 Å². The molecule has 0 aliphatic rings. The van der Waals surface area contributed by atoms with E-state index in [1.165, 1.54) is 12.4 Å². The van der Waals surface area contributed by atoms with Gasteiger partial charge in [0.05, 0.1) is 20.6 Å². The third-order valence-corrected chi connectivity index (χ3v) is 2.54. The number of carbonyl (C=O) groups excluding carboxylic acids is 2. The van der Waals surface area contributed by atoms with E-state index in [1.807, 2.05) is 0 Å². The van der Waals surface area contributed by atoms with Crippen LogP contribution in [0.2, 0.25) is 15.1 Å². The van der Waals surface area contributed by atoms with Crippen LogP contribution >= 0.6 is 34.8 Å². The zero-order chi connectivity index (χ0) is 10.0. The summed E-state index contributed by atoms with van der Waals surface area (Å²) in [7, 11) is 0. The molecule has 0 fully saturated rings. The van der Waals surface area contributed by atoms with Gasteiger partial charge in [0, 0.05) is 5.56 Å². The molecular weight excluding hydrogens is 234 g/mol. The van der Waals surface area contributed by atoms with Crippen molar-refractivity contribution in [3.63, 3.8) is 0 Å². The van der Waals surface area contributed by atoms with Gasteiger partial charge in [-0.1, -0.05) is 34.8 Å². The van der Waals surface area contributed by atoms with E-state index in [9.17, 15) is 9.59 Å². The molecule has 1 aromatic carbocycles. The Morgan fingerprint density at radius 1 is 1.00 bits per heavy atom. The van der Waals surface area contributed by atoms with Crippen molar-refractivity contribution in [1.82, 2.24) is 0 Å². The van der Waals surface area contributed by atoms with Gasteiger partial charge in [-0.3, -0.25) is 9.59 Å². The molecule has 0 saturated carbocycles. The Hall–Kier alpha value is -0.570. The van der Waals surface area contributed by atoms with Crippen molar-refractivity contribution in [3.8, 4) is 0 Å². The van der Waals surface area contributed by atoms with Gasteiger partial charge in [0.1, 0.15) is 0 Å². The molecule has 0 unspecified atom stereocenters. The van der Waals surface area contributed by atoms with Crippen LogP contribution in [-0.4, -0.2) is 12.6 Å².